The van der Waals surface area contributed by atoms with E-state index in [1.807, 2.05) is 30.3 Å². The first kappa shape index (κ1) is 21.3. The van der Waals surface area contributed by atoms with E-state index >= 15 is 0 Å². The van der Waals surface area contributed by atoms with Crippen LogP contribution in [0.3, 0.4) is 0 Å². The second kappa shape index (κ2) is 9.49. The summed E-state index contributed by atoms with van der Waals surface area (Å²) in [5.41, 5.74) is 5.24. The summed E-state index contributed by atoms with van der Waals surface area (Å²) >= 11 is 0. The summed E-state index contributed by atoms with van der Waals surface area (Å²) in [6, 6.07) is 17.9. The standard InChI is InChI=1S/C24H29N3O4/c1-31-25-23(28)19-9-7-17(8-10-19)16-26-13-11-20(12-14-26)27(24(29)30)22-15-21(22)18-5-3-2-4-6-18/h2-10,20-22H,11-16H2,1H3,(H,25,28)(H,29,30). The third kappa shape index (κ3) is 5.06. The molecule has 1 aliphatic heterocycles. The Morgan fingerprint density at radius 2 is 1.77 bits per heavy atom. The Morgan fingerprint density at radius 1 is 1.10 bits per heavy atom. The predicted octanol–water partition coefficient (Wildman–Crippen LogP) is 3.48. The van der Waals surface area contributed by atoms with Crippen molar-refractivity contribution in [2.45, 2.75) is 43.8 Å². The Labute approximate surface area is 182 Å². The van der Waals surface area contributed by atoms with E-state index in [4.69, 9.17) is 0 Å². The largest absolute Gasteiger partial charge is 0.465 e. The molecule has 1 saturated heterocycles. The number of nitrogens with zero attached hydrogens (tertiary/aromatic N) is 2. The van der Waals surface area contributed by atoms with Gasteiger partial charge in [-0.3, -0.25) is 14.5 Å². The van der Waals surface area contributed by atoms with Gasteiger partial charge in [-0.1, -0.05) is 42.5 Å². The minimum Gasteiger partial charge on any atom is -0.465 e. The van der Waals surface area contributed by atoms with Gasteiger partial charge in [0.05, 0.1) is 7.11 Å². The molecule has 2 aromatic carbocycles. The molecule has 7 nitrogen and oxygen atoms in total. The minimum atomic E-state index is -0.799. The van der Waals surface area contributed by atoms with Crippen molar-refractivity contribution in [1.82, 2.24) is 15.3 Å². The van der Waals surface area contributed by atoms with Crippen molar-refractivity contribution in [2.75, 3.05) is 20.2 Å². The quantitative estimate of drug-likeness (QED) is 0.667. The molecule has 0 radical (unpaired) electrons. The first-order valence-electron chi connectivity index (χ1n) is 10.8. The van der Waals surface area contributed by atoms with Crippen molar-refractivity contribution in [3.63, 3.8) is 0 Å². The fourth-order valence-corrected chi connectivity index (χ4v) is 4.64. The summed E-state index contributed by atoms with van der Waals surface area (Å²) in [7, 11) is 1.41. The molecule has 2 aliphatic rings. The van der Waals surface area contributed by atoms with Crippen LogP contribution in [0.2, 0.25) is 0 Å². The first-order valence-corrected chi connectivity index (χ1v) is 10.8. The lowest BCUT2D eigenvalue weighted by molar-refractivity contribution is 0.0537. The Hall–Kier alpha value is -2.90. The zero-order valence-corrected chi connectivity index (χ0v) is 17.7. The summed E-state index contributed by atoms with van der Waals surface area (Å²) in [4.78, 5) is 32.5. The number of carbonyl (C=O) groups excluding carboxylic acids is 1. The number of nitrogens with one attached hydrogen (secondary N) is 1. The van der Waals surface area contributed by atoms with Crippen molar-refractivity contribution in [1.29, 1.82) is 0 Å². The lowest BCUT2D eigenvalue weighted by Crippen LogP contribution is -2.48. The summed E-state index contributed by atoms with van der Waals surface area (Å²) in [5.74, 6) is 0.0571. The van der Waals surface area contributed by atoms with Gasteiger partial charge in [0, 0.05) is 43.2 Å². The summed E-state index contributed by atoms with van der Waals surface area (Å²) in [6.45, 7) is 2.52. The van der Waals surface area contributed by atoms with Crippen LogP contribution >= 0.6 is 0 Å². The summed E-state index contributed by atoms with van der Waals surface area (Å²) in [5, 5.41) is 9.88. The highest BCUT2D eigenvalue weighted by Gasteiger charge is 2.47. The molecule has 1 saturated carbocycles. The molecule has 2 aromatic rings. The number of hydroxylamine groups is 1. The van der Waals surface area contributed by atoms with Gasteiger partial charge in [0.15, 0.2) is 0 Å². The SMILES string of the molecule is CONC(=O)c1ccc(CN2CCC(N(C(=O)O)C3CC3c3ccccc3)CC2)cc1. The number of carbonyl (C=O) groups is 2. The van der Waals surface area contributed by atoms with E-state index < -0.39 is 6.09 Å². The van der Waals surface area contributed by atoms with Gasteiger partial charge in [-0.15, -0.1) is 0 Å². The number of carboxylic acid groups (broad SMARTS) is 1. The number of amides is 2. The molecule has 0 spiro atoms. The van der Waals surface area contributed by atoms with Crippen LogP contribution in [0.5, 0.6) is 0 Å². The molecule has 0 aromatic heterocycles. The van der Waals surface area contributed by atoms with Gasteiger partial charge in [0.2, 0.25) is 0 Å². The van der Waals surface area contributed by atoms with Gasteiger partial charge in [-0.2, -0.15) is 0 Å². The smallest absolute Gasteiger partial charge is 0.407 e. The number of piperidine rings is 1. The molecule has 7 heteroatoms. The molecule has 1 aliphatic carbocycles. The molecule has 2 atom stereocenters. The second-order valence-electron chi connectivity index (χ2n) is 8.35. The fourth-order valence-electron chi connectivity index (χ4n) is 4.64. The molecule has 164 valence electrons. The lowest BCUT2D eigenvalue weighted by atomic mass is 10.0. The maximum atomic E-state index is 12.0. The Balaban J connectivity index is 1.30. The highest BCUT2D eigenvalue weighted by Crippen LogP contribution is 2.46. The van der Waals surface area contributed by atoms with Gasteiger partial charge < -0.3 is 10.0 Å². The normalized spacial score (nSPS) is 21.5. The van der Waals surface area contributed by atoms with Crippen LogP contribution < -0.4 is 5.48 Å². The maximum absolute atomic E-state index is 12.0. The van der Waals surface area contributed by atoms with Gasteiger partial charge in [0.1, 0.15) is 0 Å². The molecule has 2 fully saturated rings. The van der Waals surface area contributed by atoms with E-state index in [9.17, 15) is 14.7 Å². The second-order valence-corrected chi connectivity index (χ2v) is 8.35. The number of hydrogen-bond acceptors (Lipinski definition) is 4. The minimum absolute atomic E-state index is 0.0765. The van der Waals surface area contributed by atoms with Gasteiger partial charge in [-0.25, -0.2) is 10.3 Å². The maximum Gasteiger partial charge on any atom is 0.407 e. The Morgan fingerprint density at radius 3 is 2.39 bits per heavy atom. The van der Waals surface area contributed by atoms with E-state index in [-0.39, 0.29) is 18.0 Å². The molecular formula is C24H29N3O4. The fraction of sp³-hybridized carbons (Fsp3) is 0.417. The van der Waals surface area contributed by atoms with Crippen LogP contribution in [0.1, 0.15) is 46.7 Å². The number of hydrogen-bond donors (Lipinski definition) is 2. The van der Waals surface area contributed by atoms with E-state index in [2.05, 4.69) is 27.4 Å². The van der Waals surface area contributed by atoms with Gasteiger partial charge >= 0.3 is 6.09 Å². The van der Waals surface area contributed by atoms with Crippen LogP contribution in [-0.4, -0.2) is 59.2 Å². The third-order valence-corrected chi connectivity index (χ3v) is 6.33. The Bertz CT molecular complexity index is 895. The van der Waals surface area contributed by atoms with Gasteiger partial charge in [-0.05, 0) is 42.5 Å². The van der Waals surface area contributed by atoms with Crippen LogP contribution in [0.25, 0.3) is 0 Å². The molecule has 31 heavy (non-hydrogen) atoms. The van der Waals surface area contributed by atoms with Crippen LogP contribution in [0.4, 0.5) is 4.79 Å². The van der Waals surface area contributed by atoms with E-state index in [0.29, 0.717) is 11.5 Å². The highest BCUT2D eigenvalue weighted by molar-refractivity contribution is 5.93. The molecular weight excluding hydrogens is 394 g/mol. The molecule has 0 bridgehead atoms. The van der Waals surface area contributed by atoms with Crippen molar-refractivity contribution in [3.05, 3.63) is 71.3 Å². The predicted molar refractivity (Wildman–Crippen MR) is 117 cm³/mol. The zero-order chi connectivity index (χ0) is 21.8. The molecule has 4 rings (SSSR count). The number of rotatable bonds is 7. The molecule has 1 heterocycles. The molecule has 2 amide bonds. The third-order valence-electron chi connectivity index (χ3n) is 6.33. The summed E-state index contributed by atoms with van der Waals surface area (Å²) < 4.78 is 0. The van der Waals surface area contributed by atoms with Crippen LogP contribution in [-0.2, 0) is 11.4 Å². The number of likely N-dealkylation sites (tertiary alicyclic amines) is 1. The van der Waals surface area contributed by atoms with E-state index in [1.165, 1.54) is 12.7 Å². The average molecular weight is 424 g/mol. The van der Waals surface area contributed by atoms with Gasteiger partial charge in [0.25, 0.3) is 5.91 Å². The van der Waals surface area contributed by atoms with Crippen molar-refractivity contribution < 1.29 is 19.5 Å². The summed E-state index contributed by atoms with van der Waals surface area (Å²) in [6.07, 6.45) is 1.81. The molecule has 2 N–H and O–H groups in total. The topological polar surface area (TPSA) is 82.1 Å². The monoisotopic (exact) mass is 423 g/mol. The first-order chi connectivity index (χ1) is 15.1. The molecule has 2 unspecified atom stereocenters. The van der Waals surface area contributed by atoms with E-state index in [0.717, 1.165) is 44.5 Å². The van der Waals surface area contributed by atoms with E-state index in [1.54, 1.807) is 17.0 Å². The average Bonchev–Trinajstić information content (AvgIpc) is 3.56. The van der Waals surface area contributed by atoms with Crippen LogP contribution in [0.15, 0.2) is 54.6 Å². The van der Waals surface area contributed by atoms with Crippen molar-refractivity contribution in [2.24, 2.45) is 0 Å². The zero-order valence-electron chi connectivity index (χ0n) is 17.7. The van der Waals surface area contributed by atoms with Crippen molar-refractivity contribution in [3.8, 4) is 0 Å². The Kier molecular flexibility index (Phi) is 6.53. The van der Waals surface area contributed by atoms with Crippen LogP contribution in [0, 0.1) is 0 Å². The van der Waals surface area contributed by atoms with Crippen molar-refractivity contribution >= 4 is 12.0 Å². The lowest BCUT2D eigenvalue weighted by Gasteiger charge is -2.37. The highest BCUT2D eigenvalue weighted by atomic mass is 16.6. The number of benzene rings is 2.